The van der Waals surface area contributed by atoms with Gasteiger partial charge < -0.3 is 9.84 Å². The second kappa shape index (κ2) is 6.42. The molecule has 1 heterocycles. The van der Waals surface area contributed by atoms with Crippen LogP contribution >= 0.6 is 0 Å². The van der Waals surface area contributed by atoms with Crippen LogP contribution in [0.2, 0.25) is 0 Å². The van der Waals surface area contributed by atoms with Crippen LogP contribution in [0.25, 0.3) is 22.6 Å². The number of carboxylic acids is 1. The van der Waals surface area contributed by atoms with Crippen molar-refractivity contribution in [2.45, 2.75) is 18.4 Å². The lowest BCUT2D eigenvalue weighted by molar-refractivity contribution is -0.147. The summed E-state index contributed by atoms with van der Waals surface area (Å²) in [6, 6.07) is 13.0. The van der Waals surface area contributed by atoms with E-state index < -0.39 is 23.2 Å². The highest BCUT2D eigenvalue weighted by Crippen LogP contribution is 2.41. The lowest BCUT2D eigenvalue weighted by Crippen LogP contribution is -2.29. The fraction of sp³-hybridized carbons (Fsp3) is 0.150. The monoisotopic (exact) mass is 368 g/mol. The smallest absolute Gasteiger partial charge is 0.348 e. The van der Waals surface area contributed by atoms with Gasteiger partial charge in [-0.1, -0.05) is 12.1 Å². The number of ether oxygens (including phenoxy) is 1. The van der Waals surface area contributed by atoms with Crippen molar-refractivity contribution in [3.05, 3.63) is 66.2 Å². The van der Waals surface area contributed by atoms with E-state index in [1.54, 1.807) is 18.2 Å². The standard InChI is InChI=1S/C20H14F2N2O3/c21-13-7-5-12(6-8-13)18-23-16(14-3-1-2-4-15(14)22)11-17(24-18)27-20(9-10-20)19(25)26/h1-8,11H,9-10H2,(H,25,26). The van der Waals surface area contributed by atoms with Crippen LogP contribution in [0, 0.1) is 11.6 Å². The van der Waals surface area contributed by atoms with Gasteiger partial charge in [-0.3, -0.25) is 0 Å². The molecule has 0 radical (unpaired) electrons. The highest BCUT2D eigenvalue weighted by molar-refractivity contribution is 5.81. The van der Waals surface area contributed by atoms with Gasteiger partial charge in [-0.15, -0.1) is 0 Å². The number of hydrogen-bond donors (Lipinski definition) is 1. The quantitative estimate of drug-likeness (QED) is 0.735. The summed E-state index contributed by atoms with van der Waals surface area (Å²) in [6.07, 6.45) is 0.737. The van der Waals surface area contributed by atoms with Crippen LogP contribution in [0.3, 0.4) is 0 Å². The number of halogens is 2. The van der Waals surface area contributed by atoms with Crippen molar-refractivity contribution in [1.29, 1.82) is 0 Å². The third-order valence-corrected chi connectivity index (χ3v) is 4.35. The molecule has 1 saturated carbocycles. The van der Waals surface area contributed by atoms with Gasteiger partial charge in [0.15, 0.2) is 5.82 Å². The maximum atomic E-state index is 14.2. The Morgan fingerprint density at radius 1 is 1.04 bits per heavy atom. The topological polar surface area (TPSA) is 72.3 Å². The maximum Gasteiger partial charge on any atom is 0.348 e. The molecule has 1 N–H and O–H groups in total. The Morgan fingerprint density at radius 3 is 2.37 bits per heavy atom. The minimum Gasteiger partial charge on any atom is -0.478 e. The Hall–Kier alpha value is -3.35. The van der Waals surface area contributed by atoms with Crippen molar-refractivity contribution < 1.29 is 23.4 Å². The third-order valence-electron chi connectivity index (χ3n) is 4.35. The number of carboxylic acid groups (broad SMARTS) is 1. The van der Waals surface area contributed by atoms with Crippen molar-refractivity contribution in [2.24, 2.45) is 0 Å². The van der Waals surface area contributed by atoms with Crippen molar-refractivity contribution in [3.8, 4) is 28.5 Å². The lowest BCUT2D eigenvalue weighted by atomic mass is 10.1. The number of rotatable bonds is 5. The van der Waals surface area contributed by atoms with Crippen molar-refractivity contribution in [2.75, 3.05) is 0 Å². The molecular formula is C20H14F2N2O3. The molecule has 2 aromatic carbocycles. The van der Waals surface area contributed by atoms with Crippen LogP contribution in [0.1, 0.15) is 12.8 Å². The first kappa shape index (κ1) is 17.1. The lowest BCUT2D eigenvalue weighted by Gasteiger charge is -2.14. The Morgan fingerprint density at radius 2 is 1.74 bits per heavy atom. The molecule has 1 aliphatic carbocycles. The predicted molar refractivity (Wildman–Crippen MR) is 93.0 cm³/mol. The number of carbonyl (C=O) groups is 1. The molecule has 0 spiro atoms. The van der Waals surface area contributed by atoms with E-state index in [2.05, 4.69) is 9.97 Å². The first-order valence-electron chi connectivity index (χ1n) is 8.29. The Balaban J connectivity index is 1.82. The Kier molecular flexibility index (Phi) is 4.07. The molecule has 27 heavy (non-hydrogen) atoms. The predicted octanol–water partition coefficient (Wildman–Crippen LogP) is 4.08. The maximum absolute atomic E-state index is 14.2. The van der Waals surface area contributed by atoms with E-state index in [0.29, 0.717) is 18.4 Å². The van der Waals surface area contributed by atoms with E-state index in [0.717, 1.165) is 0 Å². The largest absolute Gasteiger partial charge is 0.478 e. The second-order valence-electron chi connectivity index (χ2n) is 6.30. The summed E-state index contributed by atoms with van der Waals surface area (Å²) in [4.78, 5) is 20.0. The zero-order valence-corrected chi connectivity index (χ0v) is 14.0. The summed E-state index contributed by atoms with van der Waals surface area (Å²) in [7, 11) is 0. The third kappa shape index (κ3) is 3.36. The summed E-state index contributed by atoms with van der Waals surface area (Å²) in [5, 5.41) is 9.34. The van der Waals surface area contributed by atoms with Gasteiger partial charge in [-0.05, 0) is 36.4 Å². The van der Waals surface area contributed by atoms with Crippen LogP contribution < -0.4 is 4.74 Å². The molecule has 1 aliphatic rings. The molecule has 0 unspecified atom stereocenters. The molecule has 0 aliphatic heterocycles. The van der Waals surface area contributed by atoms with Crippen molar-refractivity contribution in [1.82, 2.24) is 9.97 Å². The Bertz CT molecular complexity index is 1020. The van der Waals surface area contributed by atoms with Crippen LogP contribution in [-0.4, -0.2) is 26.6 Å². The average Bonchev–Trinajstić information content (AvgIpc) is 3.43. The van der Waals surface area contributed by atoms with E-state index in [1.165, 1.54) is 36.4 Å². The fourth-order valence-corrected chi connectivity index (χ4v) is 2.69. The molecule has 1 aromatic heterocycles. The number of hydrogen-bond acceptors (Lipinski definition) is 4. The highest BCUT2D eigenvalue weighted by Gasteiger charge is 2.54. The summed E-state index contributed by atoms with van der Waals surface area (Å²) >= 11 is 0. The molecule has 0 saturated heterocycles. The molecule has 1 fully saturated rings. The summed E-state index contributed by atoms with van der Waals surface area (Å²) < 4.78 is 33.1. The molecule has 7 heteroatoms. The van der Waals surface area contributed by atoms with E-state index >= 15 is 0 Å². The molecule has 4 rings (SSSR count). The van der Waals surface area contributed by atoms with Crippen LogP contribution in [0.5, 0.6) is 5.88 Å². The van der Waals surface area contributed by atoms with Crippen molar-refractivity contribution >= 4 is 5.97 Å². The first-order chi connectivity index (χ1) is 13.0. The number of nitrogens with zero attached hydrogens (tertiary/aromatic N) is 2. The van der Waals surface area contributed by atoms with E-state index in [9.17, 15) is 18.7 Å². The van der Waals surface area contributed by atoms with Gasteiger partial charge >= 0.3 is 5.97 Å². The summed E-state index contributed by atoms with van der Waals surface area (Å²) in [6.45, 7) is 0. The molecule has 0 amide bonds. The molecular weight excluding hydrogens is 354 g/mol. The number of benzene rings is 2. The van der Waals surface area contributed by atoms with Crippen LogP contribution in [-0.2, 0) is 4.79 Å². The zero-order valence-electron chi connectivity index (χ0n) is 14.0. The zero-order chi connectivity index (χ0) is 19.0. The molecule has 5 nitrogen and oxygen atoms in total. The van der Waals surface area contributed by atoms with Crippen molar-refractivity contribution in [3.63, 3.8) is 0 Å². The van der Waals surface area contributed by atoms with Gasteiger partial charge in [0, 0.05) is 30.0 Å². The number of aromatic nitrogens is 2. The number of aliphatic carboxylic acids is 1. The minimum atomic E-state index is -1.30. The molecule has 3 aromatic rings. The second-order valence-corrected chi connectivity index (χ2v) is 6.30. The average molecular weight is 368 g/mol. The van der Waals surface area contributed by atoms with Gasteiger partial charge in [0.05, 0.1) is 5.69 Å². The Labute approximate surface area is 153 Å². The molecule has 0 atom stereocenters. The van der Waals surface area contributed by atoms with Crippen LogP contribution in [0.15, 0.2) is 54.6 Å². The van der Waals surface area contributed by atoms with Crippen LogP contribution in [0.4, 0.5) is 8.78 Å². The summed E-state index contributed by atoms with van der Waals surface area (Å²) in [5.41, 5.74) is -0.326. The summed E-state index contributed by atoms with van der Waals surface area (Å²) in [5.74, 6) is -1.75. The first-order valence-corrected chi connectivity index (χ1v) is 8.29. The normalized spacial score (nSPS) is 14.6. The SMILES string of the molecule is O=C(O)C1(Oc2cc(-c3ccccc3F)nc(-c3ccc(F)cc3)n2)CC1. The van der Waals surface area contributed by atoms with Gasteiger partial charge in [-0.2, -0.15) is 4.98 Å². The van der Waals surface area contributed by atoms with E-state index in [4.69, 9.17) is 4.74 Å². The van der Waals surface area contributed by atoms with Gasteiger partial charge in [0.2, 0.25) is 11.5 Å². The fourth-order valence-electron chi connectivity index (χ4n) is 2.69. The highest BCUT2D eigenvalue weighted by atomic mass is 19.1. The van der Waals surface area contributed by atoms with Gasteiger partial charge in [0.1, 0.15) is 11.6 Å². The van der Waals surface area contributed by atoms with Gasteiger partial charge in [-0.25, -0.2) is 18.6 Å². The van der Waals surface area contributed by atoms with Gasteiger partial charge in [0.25, 0.3) is 0 Å². The van der Waals surface area contributed by atoms with E-state index in [-0.39, 0.29) is 23.0 Å². The van der Waals surface area contributed by atoms with E-state index in [1.807, 2.05) is 0 Å². The molecule has 0 bridgehead atoms. The minimum absolute atomic E-state index is 0.0301. The molecule has 136 valence electrons.